The summed E-state index contributed by atoms with van der Waals surface area (Å²) in [5.74, 6) is -0.193. The zero-order valence-corrected chi connectivity index (χ0v) is 13.0. The van der Waals surface area contributed by atoms with Crippen molar-refractivity contribution in [3.05, 3.63) is 29.0 Å². The molecule has 0 amide bonds. The first-order valence-electron chi connectivity index (χ1n) is 7.18. The molecule has 5 nitrogen and oxygen atoms in total. The van der Waals surface area contributed by atoms with Gasteiger partial charge in [-0.05, 0) is 24.5 Å². The van der Waals surface area contributed by atoms with Gasteiger partial charge in [0.2, 0.25) is 0 Å². The summed E-state index contributed by atoms with van der Waals surface area (Å²) in [5.41, 5.74) is 1.07. The highest BCUT2D eigenvalue weighted by Gasteiger charge is 2.20. The molecule has 1 aliphatic rings. The summed E-state index contributed by atoms with van der Waals surface area (Å²) in [5, 5.41) is 0.485. The first kappa shape index (κ1) is 16.2. The Hall–Kier alpha value is -1.17. The molecule has 1 aromatic rings. The summed E-state index contributed by atoms with van der Waals surface area (Å²) in [4.78, 5) is 17.6. The van der Waals surface area contributed by atoms with Crippen molar-refractivity contribution in [3.8, 4) is 0 Å². The molecule has 0 bridgehead atoms. The number of halogens is 1. The highest BCUT2D eigenvalue weighted by Crippen LogP contribution is 2.16. The van der Waals surface area contributed by atoms with Crippen LogP contribution in [0.25, 0.3) is 0 Å². The first-order valence-corrected chi connectivity index (χ1v) is 7.56. The largest absolute Gasteiger partial charge is 0.469 e. The highest BCUT2D eigenvalue weighted by atomic mass is 35.5. The lowest BCUT2D eigenvalue weighted by molar-refractivity contribution is -0.141. The van der Waals surface area contributed by atoms with E-state index in [-0.39, 0.29) is 12.1 Å². The third-order valence-electron chi connectivity index (χ3n) is 3.54. The van der Waals surface area contributed by atoms with Gasteiger partial charge in [0.05, 0.1) is 19.6 Å². The molecule has 0 radical (unpaired) electrons. The van der Waals surface area contributed by atoms with Gasteiger partial charge < -0.3 is 9.47 Å². The van der Waals surface area contributed by atoms with Gasteiger partial charge in [-0.1, -0.05) is 17.7 Å². The highest BCUT2D eigenvalue weighted by molar-refractivity contribution is 6.29. The van der Waals surface area contributed by atoms with Gasteiger partial charge in [-0.2, -0.15) is 0 Å². The maximum atomic E-state index is 11.3. The zero-order chi connectivity index (χ0) is 15.1. The van der Waals surface area contributed by atoms with Gasteiger partial charge >= 0.3 is 5.97 Å². The van der Waals surface area contributed by atoms with Crippen LogP contribution >= 0.6 is 11.6 Å². The summed E-state index contributed by atoms with van der Waals surface area (Å²) in [6, 6.07) is 3.73. The van der Waals surface area contributed by atoms with Gasteiger partial charge in [-0.25, -0.2) is 4.98 Å². The normalized spacial score (nSPS) is 18.1. The molecule has 2 rings (SSSR count). The summed E-state index contributed by atoms with van der Waals surface area (Å²) in [7, 11) is 1.41. The number of pyridine rings is 1. The number of rotatable bonds is 7. The van der Waals surface area contributed by atoms with E-state index >= 15 is 0 Å². The number of hydrogen-bond acceptors (Lipinski definition) is 5. The Morgan fingerprint density at radius 3 is 3.05 bits per heavy atom. The van der Waals surface area contributed by atoms with Gasteiger partial charge in [-0.3, -0.25) is 9.69 Å². The van der Waals surface area contributed by atoms with Crippen LogP contribution in [0.4, 0.5) is 0 Å². The van der Waals surface area contributed by atoms with Crippen molar-refractivity contribution in [2.24, 2.45) is 0 Å². The predicted octanol–water partition coefficient (Wildman–Crippen LogP) is 2.28. The molecule has 1 atom stereocenters. The Kier molecular flexibility index (Phi) is 6.42. The second kappa shape index (κ2) is 8.32. The summed E-state index contributed by atoms with van der Waals surface area (Å²) >= 11 is 5.80. The average Bonchev–Trinajstić information content (AvgIpc) is 2.99. The molecule has 1 saturated heterocycles. The van der Waals surface area contributed by atoms with Crippen molar-refractivity contribution in [1.29, 1.82) is 0 Å². The van der Waals surface area contributed by atoms with Crippen LogP contribution in [-0.2, 0) is 20.8 Å². The Morgan fingerprint density at radius 1 is 1.57 bits per heavy atom. The average molecular weight is 313 g/mol. The fourth-order valence-corrected chi connectivity index (χ4v) is 2.53. The Morgan fingerprint density at radius 2 is 2.43 bits per heavy atom. The van der Waals surface area contributed by atoms with E-state index in [0.717, 1.165) is 38.1 Å². The second-order valence-corrected chi connectivity index (χ2v) is 5.57. The minimum Gasteiger partial charge on any atom is -0.469 e. The van der Waals surface area contributed by atoms with Crippen molar-refractivity contribution in [2.75, 3.05) is 26.8 Å². The number of hydrogen-bond donors (Lipinski definition) is 0. The standard InChI is InChI=1S/C15H21ClN2O3/c1-20-15(19)6-7-18(11-13-3-2-8-21-13)10-12-4-5-14(16)17-9-12/h4-5,9,13H,2-3,6-8,10-11H2,1H3. The lowest BCUT2D eigenvalue weighted by atomic mass is 10.2. The molecule has 0 aliphatic carbocycles. The van der Waals surface area contributed by atoms with E-state index in [1.54, 1.807) is 12.3 Å². The predicted molar refractivity (Wildman–Crippen MR) is 80.1 cm³/mol. The van der Waals surface area contributed by atoms with Gasteiger partial charge in [0.1, 0.15) is 5.15 Å². The Balaban J connectivity index is 1.92. The lowest BCUT2D eigenvalue weighted by Crippen LogP contribution is -2.33. The van der Waals surface area contributed by atoms with Gasteiger partial charge in [0, 0.05) is 32.4 Å². The summed E-state index contributed by atoms with van der Waals surface area (Å²) in [6.07, 6.45) is 4.58. The van der Waals surface area contributed by atoms with Crippen LogP contribution in [-0.4, -0.2) is 48.8 Å². The zero-order valence-electron chi connectivity index (χ0n) is 12.3. The molecule has 0 saturated carbocycles. The minimum atomic E-state index is -0.193. The smallest absolute Gasteiger partial charge is 0.306 e. The maximum Gasteiger partial charge on any atom is 0.306 e. The molecule has 1 unspecified atom stereocenters. The first-order chi connectivity index (χ1) is 10.2. The van der Waals surface area contributed by atoms with Crippen LogP contribution in [0, 0.1) is 0 Å². The molecule has 21 heavy (non-hydrogen) atoms. The topological polar surface area (TPSA) is 51.7 Å². The van der Waals surface area contributed by atoms with Crippen molar-refractivity contribution < 1.29 is 14.3 Å². The summed E-state index contributed by atoms with van der Waals surface area (Å²) < 4.78 is 10.4. The molecular formula is C15H21ClN2O3. The third kappa shape index (κ3) is 5.61. The van der Waals surface area contributed by atoms with Gasteiger partial charge in [0.25, 0.3) is 0 Å². The number of carbonyl (C=O) groups is 1. The molecular weight excluding hydrogens is 292 g/mol. The van der Waals surface area contributed by atoms with Crippen LogP contribution in [0.2, 0.25) is 5.15 Å². The van der Waals surface area contributed by atoms with E-state index in [1.807, 2.05) is 6.07 Å². The number of esters is 1. The van der Waals surface area contributed by atoms with Crippen LogP contribution in [0.1, 0.15) is 24.8 Å². The second-order valence-electron chi connectivity index (χ2n) is 5.19. The van der Waals surface area contributed by atoms with E-state index in [2.05, 4.69) is 9.88 Å². The van der Waals surface area contributed by atoms with Gasteiger partial charge in [0.15, 0.2) is 0 Å². The number of carbonyl (C=O) groups excluding carboxylic acids is 1. The van der Waals surface area contributed by atoms with E-state index in [1.165, 1.54) is 7.11 Å². The number of methoxy groups -OCH3 is 1. The van der Waals surface area contributed by atoms with E-state index in [9.17, 15) is 4.79 Å². The molecule has 0 aromatic carbocycles. The van der Waals surface area contributed by atoms with Crippen LogP contribution in [0.3, 0.4) is 0 Å². The maximum absolute atomic E-state index is 11.3. The van der Waals surface area contributed by atoms with Crippen molar-refractivity contribution >= 4 is 17.6 Å². The minimum absolute atomic E-state index is 0.193. The SMILES string of the molecule is COC(=O)CCN(Cc1ccc(Cl)nc1)CC1CCCO1. The number of nitrogens with zero attached hydrogens (tertiary/aromatic N) is 2. The number of ether oxygens (including phenoxy) is 2. The fraction of sp³-hybridized carbons (Fsp3) is 0.600. The van der Waals surface area contributed by atoms with Crippen LogP contribution in [0.5, 0.6) is 0 Å². The van der Waals surface area contributed by atoms with Crippen molar-refractivity contribution in [1.82, 2.24) is 9.88 Å². The molecule has 1 fully saturated rings. The Bertz CT molecular complexity index is 447. The van der Waals surface area contributed by atoms with E-state index in [4.69, 9.17) is 21.1 Å². The molecule has 1 aliphatic heterocycles. The fourth-order valence-electron chi connectivity index (χ4n) is 2.42. The molecule has 6 heteroatoms. The van der Waals surface area contributed by atoms with E-state index < -0.39 is 0 Å². The van der Waals surface area contributed by atoms with Crippen molar-refractivity contribution in [2.45, 2.75) is 31.9 Å². The molecule has 116 valence electrons. The molecule has 0 spiro atoms. The summed E-state index contributed by atoms with van der Waals surface area (Å²) in [6.45, 7) is 3.02. The number of aromatic nitrogens is 1. The molecule has 1 aromatic heterocycles. The van der Waals surface area contributed by atoms with Crippen LogP contribution in [0.15, 0.2) is 18.3 Å². The monoisotopic (exact) mass is 312 g/mol. The van der Waals surface area contributed by atoms with E-state index in [0.29, 0.717) is 18.1 Å². The lowest BCUT2D eigenvalue weighted by Gasteiger charge is -2.24. The van der Waals surface area contributed by atoms with Crippen LogP contribution < -0.4 is 0 Å². The third-order valence-corrected chi connectivity index (χ3v) is 3.76. The molecule has 2 heterocycles. The Labute approximate surface area is 130 Å². The van der Waals surface area contributed by atoms with Crippen molar-refractivity contribution in [3.63, 3.8) is 0 Å². The van der Waals surface area contributed by atoms with Gasteiger partial charge in [-0.15, -0.1) is 0 Å². The molecule has 0 N–H and O–H groups in total. The quantitative estimate of drug-likeness (QED) is 0.571.